The van der Waals surface area contributed by atoms with Gasteiger partial charge in [-0.3, -0.25) is 10.1 Å². The Morgan fingerprint density at radius 1 is 1.04 bits per heavy atom. The van der Waals surface area contributed by atoms with Crippen molar-refractivity contribution in [3.63, 3.8) is 0 Å². The highest BCUT2D eigenvalue weighted by atomic mass is 16.5. The Morgan fingerprint density at radius 3 is 2.12 bits per heavy atom. The van der Waals surface area contributed by atoms with Gasteiger partial charge in [0, 0.05) is 13.1 Å². The maximum Gasteiger partial charge on any atom is 0.331 e. The molecule has 0 spiro atoms. The van der Waals surface area contributed by atoms with Crippen LogP contribution in [-0.4, -0.2) is 52.9 Å². The highest BCUT2D eigenvalue weighted by Crippen LogP contribution is 2.38. The quantitative estimate of drug-likeness (QED) is 0.549. The van der Waals surface area contributed by atoms with Crippen LogP contribution in [0.3, 0.4) is 0 Å². The second-order valence-electron chi connectivity index (χ2n) is 4.53. The van der Waals surface area contributed by atoms with Crippen molar-refractivity contribution in [3.8, 4) is 17.2 Å². The molecule has 1 rings (SSSR count). The van der Waals surface area contributed by atoms with E-state index in [-0.39, 0.29) is 0 Å². The van der Waals surface area contributed by atoms with Gasteiger partial charge < -0.3 is 24.3 Å². The van der Waals surface area contributed by atoms with Crippen molar-refractivity contribution in [3.05, 3.63) is 23.8 Å². The molecule has 0 aliphatic rings. The molecule has 1 aromatic carbocycles. The fourth-order valence-electron chi connectivity index (χ4n) is 1.77. The number of amides is 3. The van der Waals surface area contributed by atoms with Crippen LogP contribution in [0, 0.1) is 0 Å². The molecule has 9 nitrogen and oxygen atoms in total. The normalized spacial score (nSPS) is 10.1. The fourth-order valence-corrected chi connectivity index (χ4v) is 1.77. The molecule has 2 N–H and O–H groups in total. The number of esters is 1. The highest BCUT2D eigenvalue weighted by molar-refractivity contribution is 5.96. The maximum absolute atomic E-state index is 11.6. The van der Waals surface area contributed by atoms with Gasteiger partial charge >= 0.3 is 12.0 Å². The number of carbonyl (C=O) groups is 3. The van der Waals surface area contributed by atoms with Crippen molar-refractivity contribution >= 4 is 24.0 Å². The Hall–Kier alpha value is -3.23. The summed E-state index contributed by atoms with van der Waals surface area (Å²) >= 11 is 0. The van der Waals surface area contributed by atoms with E-state index in [1.807, 2.05) is 5.32 Å². The van der Waals surface area contributed by atoms with Gasteiger partial charge in [0.05, 0.1) is 21.3 Å². The lowest BCUT2D eigenvalue weighted by atomic mass is 10.1. The van der Waals surface area contributed by atoms with Crippen LogP contribution in [-0.2, 0) is 14.3 Å². The molecular weight excluding hydrogens is 332 g/mol. The number of methoxy groups -OCH3 is 3. The summed E-state index contributed by atoms with van der Waals surface area (Å²) in [4.78, 5) is 33.9. The zero-order chi connectivity index (χ0) is 18.8. The first-order valence-electron chi connectivity index (χ1n) is 7.11. The molecule has 0 unspecified atom stereocenters. The van der Waals surface area contributed by atoms with E-state index in [0.717, 1.165) is 6.08 Å². The number of imide groups is 1. The van der Waals surface area contributed by atoms with E-state index in [0.29, 0.717) is 22.8 Å². The van der Waals surface area contributed by atoms with E-state index in [9.17, 15) is 14.4 Å². The summed E-state index contributed by atoms with van der Waals surface area (Å²) in [6, 6.07) is 2.60. The minimum Gasteiger partial charge on any atom is -0.493 e. The van der Waals surface area contributed by atoms with Gasteiger partial charge in [-0.05, 0) is 23.8 Å². The standard InChI is InChI=1S/C16H20N2O7/c1-17-16(21)18-13(19)9-25-14(20)6-5-10-7-11(22-2)15(24-4)12(8-10)23-3/h5-8H,9H2,1-4H3,(H2,17,18,19,21). The van der Waals surface area contributed by atoms with E-state index in [4.69, 9.17) is 18.9 Å². The Bertz CT molecular complexity index is 645. The molecule has 0 aliphatic heterocycles. The van der Waals surface area contributed by atoms with Crippen molar-refractivity contribution in [2.75, 3.05) is 35.0 Å². The minimum absolute atomic E-state index is 0.426. The molecule has 9 heteroatoms. The molecule has 0 saturated heterocycles. The van der Waals surface area contributed by atoms with E-state index >= 15 is 0 Å². The van der Waals surface area contributed by atoms with Crippen molar-refractivity contribution in [1.29, 1.82) is 0 Å². The summed E-state index contributed by atoms with van der Waals surface area (Å²) in [6.45, 7) is -0.578. The third-order valence-corrected chi connectivity index (χ3v) is 2.92. The lowest BCUT2D eigenvalue weighted by Crippen LogP contribution is -2.39. The SMILES string of the molecule is CNC(=O)NC(=O)COC(=O)C=Cc1cc(OC)c(OC)c(OC)c1. The highest BCUT2D eigenvalue weighted by Gasteiger charge is 2.12. The van der Waals surface area contributed by atoms with Crippen molar-refractivity contribution in [1.82, 2.24) is 10.6 Å². The molecule has 0 aliphatic carbocycles. The van der Waals surface area contributed by atoms with Gasteiger partial charge in [-0.25, -0.2) is 9.59 Å². The van der Waals surface area contributed by atoms with Gasteiger partial charge in [-0.1, -0.05) is 0 Å². The van der Waals surface area contributed by atoms with Gasteiger partial charge in [0.2, 0.25) is 5.75 Å². The second kappa shape index (κ2) is 9.81. The zero-order valence-electron chi connectivity index (χ0n) is 14.4. The Morgan fingerprint density at radius 2 is 1.64 bits per heavy atom. The van der Waals surface area contributed by atoms with Crippen LogP contribution in [0.25, 0.3) is 6.08 Å². The molecule has 0 saturated carbocycles. The van der Waals surface area contributed by atoms with Crippen LogP contribution >= 0.6 is 0 Å². The molecule has 0 atom stereocenters. The second-order valence-corrected chi connectivity index (χ2v) is 4.53. The van der Waals surface area contributed by atoms with E-state index < -0.39 is 24.5 Å². The van der Waals surface area contributed by atoms with Gasteiger partial charge in [0.25, 0.3) is 5.91 Å². The summed E-state index contributed by atoms with van der Waals surface area (Å²) in [7, 11) is 5.79. The lowest BCUT2D eigenvalue weighted by Gasteiger charge is -2.12. The first kappa shape index (κ1) is 19.8. The largest absolute Gasteiger partial charge is 0.493 e. The summed E-state index contributed by atoms with van der Waals surface area (Å²) in [6.07, 6.45) is 2.59. The Kier molecular flexibility index (Phi) is 7.77. The number of urea groups is 1. The maximum atomic E-state index is 11.6. The Labute approximate surface area is 144 Å². The molecule has 0 bridgehead atoms. The first-order valence-corrected chi connectivity index (χ1v) is 7.11. The molecular formula is C16H20N2O7. The van der Waals surface area contributed by atoms with Crippen molar-refractivity contribution < 1.29 is 33.3 Å². The number of ether oxygens (including phenoxy) is 4. The topological polar surface area (TPSA) is 112 Å². The van der Waals surface area contributed by atoms with Crippen LogP contribution in [0.5, 0.6) is 17.2 Å². The molecule has 0 radical (unpaired) electrons. The van der Waals surface area contributed by atoms with Crippen LogP contribution in [0.15, 0.2) is 18.2 Å². The van der Waals surface area contributed by atoms with Crippen LogP contribution in [0.1, 0.15) is 5.56 Å². The Balaban J connectivity index is 2.73. The smallest absolute Gasteiger partial charge is 0.331 e. The summed E-state index contributed by atoms with van der Waals surface area (Å²) in [5, 5.41) is 4.17. The molecule has 25 heavy (non-hydrogen) atoms. The van der Waals surface area contributed by atoms with Crippen LogP contribution in [0.2, 0.25) is 0 Å². The van der Waals surface area contributed by atoms with Gasteiger partial charge in [-0.2, -0.15) is 0 Å². The number of carbonyl (C=O) groups excluding carboxylic acids is 3. The minimum atomic E-state index is -0.749. The molecule has 136 valence electrons. The van der Waals surface area contributed by atoms with Crippen molar-refractivity contribution in [2.24, 2.45) is 0 Å². The summed E-state index contributed by atoms with van der Waals surface area (Å²) in [5.41, 5.74) is 0.598. The summed E-state index contributed by atoms with van der Waals surface area (Å²) in [5.74, 6) is -0.204. The monoisotopic (exact) mass is 352 g/mol. The van der Waals surface area contributed by atoms with Gasteiger partial charge in [-0.15, -0.1) is 0 Å². The van der Waals surface area contributed by atoms with Crippen LogP contribution < -0.4 is 24.8 Å². The number of hydrogen-bond acceptors (Lipinski definition) is 7. The van der Waals surface area contributed by atoms with E-state index in [1.54, 1.807) is 12.1 Å². The average Bonchev–Trinajstić information content (AvgIpc) is 2.63. The predicted octanol–water partition coefficient (Wildman–Crippen LogP) is 0.724. The number of nitrogens with one attached hydrogen (secondary N) is 2. The van der Waals surface area contributed by atoms with Gasteiger partial charge in [0.1, 0.15) is 0 Å². The number of hydrogen-bond donors (Lipinski definition) is 2. The van der Waals surface area contributed by atoms with Gasteiger partial charge in [0.15, 0.2) is 18.1 Å². The molecule has 0 fully saturated rings. The van der Waals surface area contributed by atoms with E-state index in [1.165, 1.54) is 34.5 Å². The first-order chi connectivity index (χ1) is 11.9. The predicted molar refractivity (Wildman–Crippen MR) is 88.7 cm³/mol. The van der Waals surface area contributed by atoms with Crippen molar-refractivity contribution in [2.45, 2.75) is 0 Å². The molecule has 3 amide bonds. The lowest BCUT2D eigenvalue weighted by molar-refractivity contribution is -0.143. The number of benzene rings is 1. The van der Waals surface area contributed by atoms with Crippen LogP contribution in [0.4, 0.5) is 4.79 Å². The summed E-state index contributed by atoms with van der Waals surface area (Å²) < 4.78 is 20.3. The average molecular weight is 352 g/mol. The third kappa shape index (κ3) is 6.05. The number of rotatable bonds is 7. The molecule has 0 heterocycles. The van der Waals surface area contributed by atoms with E-state index in [2.05, 4.69) is 5.32 Å². The molecule has 0 aromatic heterocycles. The fraction of sp³-hybridized carbons (Fsp3) is 0.312. The molecule has 1 aromatic rings. The zero-order valence-corrected chi connectivity index (χ0v) is 14.4. The third-order valence-electron chi connectivity index (χ3n) is 2.92.